The third kappa shape index (κ3) is 1.99. The lowest BCUT2D eigenvalue weighted by molar-refractivity contribution is 0.415. The van der Waals surface area contributed by atoms with E-state index in [1.807, 2.05) is 23.9 Å². The Morgan fingerprint density at radius 1 is 1.50 bits per heavy atom. The molecule has 1 aromatic heterocycles. The topological polar surface area (TPSA) is 55.0 Å². The van der Waals surface area contributed by atoms with Crippen LogP contribution < -0.4 is 10.3 Å². The molecule has 0 amide bonds. The zero-order valence-corrected chi connectivity index (χ0v) is 10.9. The molecule has 1 aromatic carbocycles. The van der Waals surface area contributed by atoms with E-state index in [4.69, 9.17) is 4.74 Å². The molecule has 2 aromatic rings. The van der Waals surface area contributed by atoms with Crippen LogP contribution in [0.3, 0.4) is 0 Å². The molecule has 0 aliphatic carbocycles. The van der Waals surface area contributed by atoms with Crippen LogP contribution in [-0.4, -0.2) is 22.8 Å². The Hall–Kier alpha value is -1.49. The minimum atomic E-state index is -0.0820. The number of nitrogens with one attached hydrogen (secondary N) is 1. The van der Waals surface area contributed by atoms with Gasteiger partial charge in [0.2, 0.25) is 0 Å². The van der Waals surface area contributed by atoms with Gasteiger partial charge in [-0.3, -0.25) is 4.79 Å². The van der Waals surface area contributed by atoms with Gasteiger partial charge in [-0.05, 0) is 36.8 Å². The van der Waals surface area contributed by atoms with E-state index in [0.717, 1.165) is 23.5 Å². The van der Waals surface area contributed by atoms with Crippen molar-refractivity contribution in [3.63, 3.8) is 0 Å². The highest BCUT2D eigenvalue weighted by atomic mass is 32.2. The second-order valence-corrected chi connectivity index (χ2v) is 5.65. The zero-order valence-electron chi connectivity index (χ0n) is 10.1. The lowest BCUT2D eigenvalue weighted by Gasteiger charge is -2.09. The highest BCUT2D eigenvalue weighted by Gasteiger charge is 2.20. The van der Waals surface area contributed by atoms with Crippen molar-refractivity contribution >= 4 is 22.7 Å². The number of fused-ring (bicyclic) bond motifs is 1. The fourth-order valence-electron chi connectivity index (χ4n) is 2.21. The van der Waals surface area contributed by atoms with Crippen molar-refractivity contribution in [2.24, 2.45) is 0 Å². The summed E-state index contributed by atoms with van der Waals surface area (Å²) in [7, 11) is 1.59. The van der Waals surface area contributed by atoms with Gasteiger partial charge in [-0.2, -0.15) is 11.8 Å². The van der Waals surface area contributed by atoms with Gasteiger partial charge in [-0.1, -0.05) is 0 Å². The fraction of sp³-hybridized carbons (Fsp3) is 0.385. The number of hydrogen-bond acceptors (Lipinski definition) is 4. The van der Waals surface area contributed by atoms with E-state index in [1.165, 1.54) is 6.42 Å². The smallest absolute Gasteiger partial charge is 0.258 e. The SMILES string of the molecule is COc1ccc2nc(C3CCCS3)[nH]c(=O)c2c1. The molecule has 1 aliphatic heterocycles. The molecule has 0 spiro atoms. The number of rotatable bonds is 2. The molecule has 0 saturated carbocycles. The van der Waals surface area contributed by atoms with Gasteiger partial charge in [0.1, 0.15) is 11.6 Å². The van der Waals surface area contributed by atoms with Crippen LogP contribution >= 0.6 is 11.8 Å². The van der Waals surface area contributed by atoms with Gasteiger partial charge in [-0.15, -0.1) is 0 Å². The summed E-state index contributed by atoms with van der Waals surface area (Å²) < 4.78 is 5.12. The number of nitrogens with zero attached hydrogens (tertiary/aromatic N) is 1. The van der Waals surface area contributed by atoms with Crippen LogP contribution in [0.2, 0.25) is 0 Å². The highest BCUT2D eigenvalue weighted by molar-refractivity contribution is 7.99. The average Bonchev–Trinajstić information content (AvgIpc) is 2.92. The highest BCUT2D eigenvalue weighted by Crippen LogP contribution is 2.38. The number of hydrogen-bond donors (Lipinski definition) is 1. The van der Waals surface area contributed by atoms with E-state index < -0.39 is 0 Å². The third-order valence-electron chi connectivity index (χ3n) is 3.17. The van der Waals surface area contributed by atoms with Crippen molar-refractivity contribution in [2.45, 2.75) is 18.1 Å². The van der Waals surface area contributed by atoms with Crippen molar-refractivity contribution < 1.29 is 4.74 Å². The molecule has 1 unspecified atom stereocenters. The Morgan fingerprint density at radius 3 is 3.11 bits per heavy atom. The first-order valence-corrected chi connectivity index (χ1v) is 7.02. The number of aromatic nitrogens is 2. The number of benzene rings is 1. The summed E-state index contributed by atoms with van der Waals surface area (Å²) in [5.74, 6) is 2.63. The summed E-state index contributed by atoms with van der Waals surface area (Å²) in [6.07, 6.45) is 2.29. The molecular weight excluding hydrogens is 248 g/mol. The molecule has 2 heterocycles. The van der Waals surface area contributed by atoms with E-state index in [0.29, 0.717) is 16.4 Å². The van der Waals surface area contributed by atoms with Gasteiger partial charge in [0, 0.05) is 0 Å². The largest absolute Gasteiger partial charge is 0.497 e. The third-order valence-corrected chi connectivity index (χ3v) is 4.55. The second kappa shape index (κ2) is 4.65. The van der Waals surface area contributed by atoms with E-state index in [1.54, 1.807) is 13.2 Å². The summed E-state index contributed by atoms with van der Waals surface area (Å²) in [4.78, 5) is 19.5. The molecule has 0 radical (unpaired) electrons. The maximum Gasteiger partial charge on any atom is 0.258 e. The van der Waals surface area contributed by atoms with Crippen LogP contribution in [0.25, 0.3) is 10.9 Å². The molecule has 1 aliphatic rings. The van der Waals surface area contributed by atoms with Crippen LogP contribution in [0, 0.1) is 0 Å². The molecule has 0 bridgehead atoms. The Bertz CT molecular complexity index is 632. The van der Waals surface area contributed by atoms with Crippen molar-refractivity contribution in [3.05, 3.63) is 34.4 Å². The van der Waals surface area contributed by atoms with Gasteiger partial charge in [0.25, 0.3) is 5.56 Å². The standard InChI is InChI=1S/C13H14N2O2S/c1-17-8-4-5-10-9(7-8)13(16)15-12(14-10)11-3-2-6-18-11/h4-5,7,11H,2-3,6H2,1H3,(H,14,15,16). The van der Waals surface area contributed by atoms with Gasteiger partial charge in [-0.25, -0.2) is 4.98 Å². The molecule has 1 N–H and O–H groups in total. The van der Waals surface area contributed by atoms with Crippen LogP contribution in [0.5, 0.6) is 5.75 Å². The average molecular weight is 262 g/mol. The fourth-order valence-corrected chi connectivity index (χ4v) is 3.43. The molecule has 94 valence electrons. The number of methoxy groups -OCH3 is 1. The Kier molecular flexibility index (Phi) is 2.99. The number of aromatic amines is 1. The van der Waals surface area contributed by atoms with Gasteiger partial charge in [0.15, 0.2) is 0 Å². The predicted octanol–water partition coefficient (Wildman–Crippen LogP) is 2.50. The maximum atomic E-state index is 12.1. The quantitative estimate of drug-likeness (QED) is 0.903. The lowest BCUT2D eigenvalue weighted by atomic mass is 10.2. The second-order valence-electron chi connectivity index (χ2n) is 4.34. The van der Waals surface area contributed by atoms with Crippen LogP contribution in [0.15, 0.2) is 23.0 Å². The molecule has 3 rings (SSSR count). The van der Waals surface area contributed by atoms with E-state index in [9.17, 15) is 4.79 Å². The molecule has 1 fully saturated rings. The summed E-state index contributed by atoms with van der Waals surface area (Å²) in [6.45, 7) is 0. The normalized spacial score (nSPS) is 19.3. The van der Waals surface area contributed by atoms with Crippen LogP contribution in [0.1, 0.15) is 23.9 Å². The summed E-state index contributed by atoms with van der Waals surface area (Å²) >= 11 is 1.86. The molecule has 1 atom stereocenters. The van der Waals surface area contributed by atoms with Crippen molar-refractivity contribution in [2.75, 3.05) is 12.9 Å². The number of thioether (sulfide) groups is 1. The molecular formula is C13H14N2O2S. The maximum absolute atomic E-state index is 12.1. The monoisotopic (exact) mass is 262 g/mol. The molecule has 18 heavy (non-hydrogen) atoms. The molecule has 5 heteroatoms. The Morgan fingerprint density at radius 2 is 2.39 bits per heavy atom. The van der Waals surface area contributed by atoms with Crippen LogP contribution in [0.4, 0.5) is 0 Å². The number of ether oxygens (including phenoxy) is 1. The van der Waals surface area contributed by atoms with Gasteiger partial charge < -0.3 is 9.72 Å². The first kappa shape index (κ1) is 11.6. The summed E-state index contributed by atoms with van der Waals surface area (Å²) in [5, 5.41) is 0.922. The first-order valence-electron chi connectivity index (χ1n) is 5.97. The Balaban J connectivity index is 2.12. The van der Waals surface area contributed by atoms with E-state index in [-0.39, 0.29) is 5.56 Å². The van der Waals surface area contributed by atoms with Gasteiger partial charge >= 0.3 is 0 Å². The van der Waals surface area contributed by atoms with Crippen molar-refractivity contribution in [3.8, 4) is 5.75 Å². The zero-order chi connectivity index (χ0) is 12.5. The lowest BCUT2D eigenvalue weighted by Crippen LogP contribution is -2.13. The van der Waals surface area contributed by atoms with Crippen LogP contribution in [-0.2, 0) is 0 Å². The summed E-state index contributed by atoms with van der Waals surface area (Å²) in [6, 6.07) is 5.40. The molecule has 1 saturated heterocycles. The molecule has 4 nitrogen and oxygen atoms in total. The number of H-pyrrole nitrogens is 1. The predicted molar refractivity (Wildman–Crippen MR) is 73.3 cm³/mol. The van der Waals surface area contributed by atoms with Crippen molar-refractivity contribution in [1.82, 2.24) is 9.97 Å². The van der Waals surface area contributed by atoms with E-state index >= 15 is 0 Å². The summed E-state index contributed by atoms with van der Waals surface area (Å²) in [5.41, 5.74) is 0.656. The van der Waals surface area contributed by atoms with Gasteiger partial charge in [0.05, 0.1) is 23.3 Å². The first-order chi connectivity index (χ1) is 8.78. The Labute approximate surface area is 109 Å². The minimum Gasteiger partial charge on any atom is -0.497 e. The van der Waals surface area contributed by atoms with Crippen molar-refractivity contribution in [1.29, 1.82) is 0 Å². The minimum absolute atomic E-state index is 0.0820. The van der Waals surface area contributed by atoms with E-state index in [2.05, 4.69) is 9.97 Å².